The number of nitrogens with zero attached hydrogens (tertiary/aromatic N) is 2. The Morgan fingerprint density at radius 2 is 1.04 bits per heavy atom. The Bertz CT molecular complexity index is 359. The van der Waals surface area contributed by atoms with Crippen molar-refractivity contribution in [2.24, 2.45) is 0 Å². The standard InChI is InChI=1S/C21H37N2/c1-2-6-11-17-22(16-10-5-1)20-14-9-15-21-23-18-12-7-3-4-8-13-19-23/h9,14-15,20-21H,1-8,10-13,16-19H2/q+1. The fourth-order valence-electron chi connectivity index (χ4n) is 3.60. The van der Waals surface area contributed by atoms with Crippen LogP contribution in [0, 0.1) is 0 Å². The van der Waals surface area contributed by atoms with E-state index >= 15 is 0 Å². The van der Waals surface area contributed by atoms with Crippen molar-refractivity contribution in [3.05, 3.63) is 24.4 Å². The van der Waals surface area contributed by atoms with Gasteiger partial charge in [-0.25, -0.2) is 4.58 Å². The summed E-state index contributed by atoms with van der Waals surface area (Å²) in [5.41, 5.74) is 0. The van der Waals surface area contributed by atoms with Gasteiger partial charge in [0, 0.05) is 32.0 Å². The molecule has 2 aliphatic heterocycles. The zero-order valence-electron chi connectivity index (χ0n) is 15.1. The quantitative estimate of drug-likeness (QED) is 0.515. The van der Waals surface area contributed by atoms with E-state index in [1.54, 1.807) is 0 Å². The van der Waals surface area contributed by atoms with Crippen LogP contribution in [0.15, 0.2) is 24.4 Å². The Balaban J connectivity index is 1.75. The zero-order valence-corrected chi connectivity index (χ0v) is 15.1. The maximum atomic E-state index is 2.51. The maximum Gasteiger partial charge on any atom is 0.163 e. The summed E-state index contributed by atoms with van der Waals surface area (Å²) in [7, 11) is 0. The molecule has 0 N–H and O–H groups in total. The molecule has 2 saturated heterocycles. The van der Waals surface area contributed by atoms with Crippen LogP contribution in [0.3, 0.4) is 0 Å². The largest absolute Gasteiger partial charge is 0.377 e. The van der Waals surface area contributed by atoms with Crippen LogP contribution in [0.4, 0.5) is 0 Å². The SMILES string of the molecule is C(=CC=[N+]1CCCCCCCC1)C=CN1CCCCCCCC1. The third-order valence-electron chi connectivity index (χ3n) is 5.10. The highest BCUT2D eigenvalue weighted by molar-refractivity contribution is 5.66. The first kappa shape index (κ1) is 18.3. The topological polar surface area (TPSA) is 6.25 Å². The lowest BCUT2D eigenvalue weighted by Crippen LogP contribution is -2.19. The highest BCUT2D eigenvalue weighted by Gasteiger charge is 2.06. The maximum absolute atomic E-state index is 2.51. The van der Waals surface area contributed by atoms with Crippen molar-refractivity contribution in [1.29, 1.82) is 0 Å². The molecule has 2 fully saturated rings. The Morgan fingerprint density at radius 1 is 0.522 bits per heavy atom. The molecule has 2 heterocycles. The molecule has 0 amide bonds. The van der Waals surface area contributed by atoms with Crippen LogP contribution >= 0.6 is 0 Å². The summed E-state index contributed by atoms with van der Waals surface area (Å²) in [6, 6.07) is 0. The van der Waals surface area contributed by atoms with Gasteiger partial charge in [0.2, 0.25) is 0 Å². The van der Waals surface area contributed by atoms with E-state index in [0.29, 0.717) is 0 Å². The first-order valence-corrected chi connectivity index (χ1v) is 10.1. The van der Waals surface area contributed by atoms with Crippen LogP contribution in [0.5, 0.6) is 0 Å². The lowest BCUT2D eigenvalue weighted by atomic mass is 10.1. The van der Waals surface area contributed by atoms with Gasteiger partial charge in [-0.15, -0.1) is 0 Å². The van der Waals surface area contributed by atoms with Crippen LogP contribution in [-0.2, 0) is 0 Å². The molecule has 2 heteroatoms. The molecule has 0 aromatic rings. The summed E-state index contributed by atoms with van der Waals surface area (Å²) in [4.78, 5) is 2.51. The van der Waals surface area contributed by atoms with Crippen LogP contribution in [0.1, 0.15) is 77.0 Å². The molecule has 23 heavy (non-hydrogen) atoms. The highest BCUT2D eigenvalue weighted by Crippen LogP contribution is 2.11. The predicted molar refractivity (Wildman–Crippen MR) is 101 cm³/mol. The van der Waals surface area contributed by atoms with Crippen molar-refractivity contribution in [3.8, 4) is 0 Å². The lowest BCUT2D eigenvalue weighted by molar-refractivity contribution is -0.523. The Hall–Kier alpha value is -1.05. The van der Waals surface area contributed by atoms with E-state index < -0.39 is 0 Å². The van der Waals surface area contributed by atoms with Crippen molar-refractivity contribution in [3.63, 3.8) is 0 Å². The van der Waals surface area contributed by atoms with E-state index in [0.717, 1.165) is 0 Å². The molecule has 0 saturated carbocycles. The van der Waals surface area contributed by atoms with Gasteiger partial charge < -0.3 is 4.90 Å². The molecule has 2 aliphatic rings. The van der Waals surface area contributed by atoms with Gasteiger partial charge in [-0.1, -0.05) is 44.6 Å². The molecule has 0 radical (unpaired) electrons. The fourth-order valence-corrected chi connectivity index (χ4v) is 3.60. The van der Waals surface area contributed by atoms with E-state index in [9.17, 15) is 0 Å². The minimum absolute atomic E-state index is 1.24. The number of allylic oxidation sites excluding steroid dienone is 3. The number of hydrogen-bond acceptors (Lipinski definition) is 1. The number of hydrogen-bond donors (Lipinski definition) is 0. The van der Waals surface area contributed by atoms with Gasteiger partial charge in [0.25, 0.3) is 0 Å². The van der Waals surface area contributed by atoms with Gasteiger partial charge in [0.05, 0.1) is 0 Å². The van der Waals surface area contributed by atoms with Crippen LogP contribution < -0.4 is 0 Å². The lowest BCUT2D eigenvalue weighted by Gasteiger charge is -2.18. The molecule has 2 nitrogen and oxygen atoms in total. The fraction of sp³-hybridized carbons (Fsp3) is 0.762. The zero-order chi connectivity index (χ0) is 16.0. The van der Waals surface area contributed by atoms with Gasteiger partial charge >= 0.3 is 0 Å². The van der Waals surface area contributed by atoms with Crippen molar-refractivity contribution in [1.82, 2.24) is 4.90 Å². The molecule has 0 aliphatic carbocycles. The first-order chi connectivity index (χ1) is 11.4. The average Bonchev–Trinajstić information content (AvgIpc) is 2.78. The molecule has 0 atom stereocenters. The number of rotatable bonds is 3. The molecule has 0 unspecified atom stereocenters. The molecule has 0 aromatic heterocycles. The minimum Gasteiger partial charge on any atom is -0.377 e. The second-order valence-corrected chi connectivity index (χ2v) is 7.19. The van der Waals surface area contributed by atoms with Crippen LogP contribution in [-0.4, -0.2) is 41.9 Å². The monoisotopic (exact) mass is 317 g/mol. The molecule has 2 rings (SSSR count). The Kier molecular flexibility index (Phi) is 9.85. The summed E-state index contributed by atoms with van der Waals surface area (Å²) >= 11 is 0. The Morgan fingerprint density at radius 3 is 1.65 bits per heavy atom. The third kappa shape index (κ3) is 8.98. The molecule has 0 bridgehead atoms. The highest BCUT2D eigenvalue weighted by atomic mass is 15.1. The van der Waals surface area contributed by atoms with Crippen molar-refractivity contribution in [2.75, 3.05) is 26.2 Å². The molecular weight excluding hydrogens is 280 g/mol. The van der Waals surface area contributed by atoms with Crippen LogP contribution in [0.2, 0.25) is 0 Å². The molecule has 0 spiro atoms. The third-order valence-corrected chi connectivity index (χ3v) is 5.10. The van der Waals surface area contributed by atoms with E-state index in [1.807, 2.05) is 0 Å². The summed E-state index contributed by atoms with van der Waals surface area (Å²) < 4.78 is 2.51. The van der Waals surface area contributed by atoms with Gasteiger partial charge in [-0.3, -0.25) is 0 Å². The van der Waals surface area contributed by atoms with Gasteiger partial charge in [-0.05, 0) is 38.0 Å². The van der Waals surface area contributed by atoms with E-state index in [2.05, 4.69) is 40.1 Å². The summed E-state index contributed by atoms with van der Waals surface area (Å²) in [5.74, 6) is 0. The molecule has 0 aromatic carbocycles. The normalized spacial score (nSPS) is 23.0. The van der Waals surface area contributed by atoms with Crippen molar-refractivity contribution >= 4 is 6.21 Å². The van der Waals surface area contributed by atoms with E-state index in [-0.39, 0.29) is 0 Å². The second-order valence-electron chi connectivity index (χ2n) is 7.19. The molecular formula is C21H37N2+. The van der Waals surface area contributed by atoms with Crippen molar-refractivity contribution in [2.45, 2.75) is 77.0 Å². The predicted octanol–water partition coefficient (Wildman–Crippen LogP) is 5.15. The Labute approximate surface area is 144 Å². The molecule has 130 valence electrons. The first-order valence-electron chi connectivity index (χ1n) is 10.1. The summed E-state index contributed by atoms with van der Waals surface area (Å²) in [6.07, 6.45) is 28.0. The van der Waals surface area contributed by atoms with Gasteiger partial charge in [0.1, 0.15) is 13.1 Å². The van der Waals surface area contributed by atoms with E-state index in [4.69, 9.17) is 0 Å². The average molecular weight is 318 g/mol. The van der Waals surface area contributed by atoms with Crippen molar-refractivity contribution < 1.29 is 4.58 Å². The van der Waals surface area contributed by atoms with E-state index in [1.165, 1.54) is 103 Å². The smallest absolute Gasteiger partial charge is 0.163 e. The second kappa shape index (κ2) is 12.4. The van der Waals surface area contributed by atoms with Gasteiger partial charge in [-0.2, -0.15) is 0 Å². The summed E-state index contributed by atoms with van der Waals surface area (Å²) in [6.45, 7) is 4.95. The minimum atomic E-state index is 1.24. The van der Waals surface area contributed by atoms with Gasteiger partial charge in [0.15, 0.2) is 6.21 Å². The van der Waals surface area contributed by atoms with Crippen LogP contribution in [0.25, 0.3) is 0 Å². The summed E-state index contributed by atoms with van der Waals surface area (Å²) in [5, 5.41) is 0.